The number of anilines is 1. The largest absolute Gasteiger partial charge is 0.298 e. The number of hydrogen-bond donors (Lipinski definition) is 1. The minimum Gasteiger partial charge on any atom is -0.298 e. The first-order valence-electron chi connectivity index (χ1n) is 7.82. The Morgan fingerprint density at radius 2 is 2.08 bits per heavy atom. The lowest BCUT2D eigenvalue weighted by Crippen LogP contribution is -2.39. The summed E-state index contributed by atoms with van der Waals surface area (Å²) in [6, 6.07) is 5.71. The van der Waals surface area contributed by atoms with Gasteiger partial charge in [-0.2, -0.15) is 4.31 Å². The Kier molecular flexibility index (Phi) is 4.90. The van der Waals surface area contributed by atoms with Crippen LogP contribution in [0.1, 0.15) is 34.8 Å². The maximum Gasteiger partial charge on any atom is 0.260 e. The Morgan fingerprint density at radius 1 is 1.36 bits per heavy atom. The van der Waals surface area contributed by atoms with E-state index in [-0.39, 0.29) is 12.1 Å². The summed E-state index contributed by atoms with van der Waals surface area (Å²) >= 11 is 1.22. The van der Waals surface area contributed by atoms with E-state index in [1.807, 2.05) is 0 Å². The molecule has 1 aromatic heterocycles. The molecule has 0 unspecified atom stereocenters. The van der Waals surface area contributed by atoms with Crippen LogP contribution in [0.3, 0.4) is 0 Å². The monoisotopic (exact) mass is 383 g/mol. The SMILES string of the molecule is CC(C)S(=O)(=O)N1CCc2nc(NC(=O)c3ccccc3F)sc2C1. The Morgan fingerprint density at radius 3 is 2.76 bits per heavy atom. The molecule has 1 amide bonds. The average molecular weight is 383 g/mol. The van der Waals surface area contributed by atoms with E-state index in [4.69, 9.17) is 0 Å². The van der Waals surface area contributed by atoms with Crippen molar-refractivity contribution in [1.29, 1.82) is 0 Å². The molecule has 2 aromatic rings. The van der Waals surface area contributed by atoms with E-state index in [1.165, 1.54) is 33.8 Å². The number of halogens is 1. The number of aromatic nitrogens is 1. The number of nitrogens with zero attached hydrogens (tertiary/aromatic N) is 2. The molecule has 0 radical (unpaired) electrons. The van der Waals surface area contributed by atoms with Crippen molar-refractivity contribution in [1.82, 2.24) is 9.29 Å². The first-order valence-corrected chi connectivity index (χ1v) is 10.1. The Labute approximate surface area is 149 Å². The molecule has 1 aromatic carbocycles. The third kappa shape index (κ3) is 3.58. The van der Waals surface area contributed by atoms with Crippen LogP contribution in [0.5, 0.6) is 0 Å². The molecule has 0 saturated heterocycles. The molecule has 0 atom stereocenters. The van der Waals surface area contributed by atoms with Gasteiger partial charge in [0.1, 0.15) is 5.82 Å². The second-order valence-electron chi connectivity index (χ2n) is 6.00. The highest BCUT2D eigenvalue weighted by Crippen LogP contribution is 2.30. The van der Waals surface area contributed by atoms with Gasteiger partial charge in [0.15, 0.2) is 5.13 Å². The van der Waals surface area contributed by atoms with Crippen molar-refractivity contribution in [2.24, 2.45) is 0 Å². The standard InChI is InChI=1S/C16H18FN3O3S2/c1-10(2)25(22,23)20-8-7-13-14(9-20)24-16(18-13)19-15(21)11-5-3-4-6-12(11)17/h3-6,10H,7-9H2,1-2H3,(H,18,19,21). The van der Waals surface area contributed by atoms with E-state index < -0.39 is 27.0 Å². The number of amides is 1. The number of rotatable bonds is 4. The number of hydrogen-bond acceptors (Lipinski definition) is 5. The zero-order valence-electron chi connectivity index (χ0n) is 13.8. The van der Waals surface area contributed by atoms with Gasteiger partial charge in [0.05, 0.1) is 16.5 Å². The van der Waals surface area contributed by atoms with E-state index in [9.17, 15) is 17.6 Å². The van der Waals surface area contributed by atoms with Crippen LogP contribution in [-0.4, -0.2) is 35.4 Å². The number of sulfonamides is 1. The molecule has 0 spiro atoms. The lowest BCUT2D eigenvalue weighted by atomic mass is 10.2. The minimum atomic E-state index is -3.33. The van der Waals surface area contributed by atoms with Crippen molar-refractivity contribution in [2.75, 3.05) is 11.9 Å². The van der Waals surface area contributed by atoms with E-state index in [0.717, 1.165) is 10.6 Å². The maximum atomic E-state index is 13.7. The summed E-state index contributed by atoms with van der Waals surface area (Å²) in [5.41, 5.74) is 0.726. The molecule has 25 heavy (non-hydrogen) atoms. The zero-order valence-corrected chi connectivity index (χ0v) is 15.5. The van der Waals surface area contributed by atoms with Gasteiger partial charge in [-0.05, 0) is 26.0 Å². The van der Waals surface area contributed by atoms with Gasteiger partial charge in [-0.15, -0.1) is 11.3 Å². The summed E-state index contributed by atoms with van der Waals surface area (Å²) in [5.74, 6) is -1.17. The van der Waals surface area contributed by atoms with E-state index in [1.54, 1.807) is 19.9 Å². The third-order valence-corrected chi connectivity index (χ3v) is 7.21. The topological polar surface area (TPSA) is 79.4 Å². The summed E-state index contributed by atoms with van der Waals surface area (Å²) in [6.07, 6.45) is 0.493. The van der Waals surface area contributed by atoms with E-state index >= 15 is 0 Å². The molecule has 0 aliphatic carbocycles. The third-order valence-electron chi connectivity index (χ3n) is 3.99. The van der Waals surface area contributed by atoms with Gasteiger partial charge in [0.2, 0.25) is 10.0 Å². The summed E-state index contributed by atoms with van der Waals surface area (Å²) in [4.78, 5) is 17.3. The number of benzene rings is 1. The number of fused-ring (bicyclic) bond motifs is 1. The fraction of sp³-hybridized carbons (Fsp3) is 0.375. The van der Waals surface area contributed by atoms with Crippen LogP contribution in [0.25, 0.3) is 0 Å². The first-order chi connectivity index (χ1) is 11.8. The van der Waals surface area contributed by atoms with Crippen LogP contribution in [-0.2, 0) is 23.0 Å². The van der Waals surface area contributed by atoms with Crippen molar-refractivity contribution in [3.05, 3.63) is 46.2 Å². The fourth-order valence-electron chi connectivity index (χ4n) is 2.55. The van der Waals surface area contributed by atoms with Gasteiger partial charge in [0, 0.05) is 24.4 Å². The predicted molar refractivity (Wildman–Crippen MR) is 94.6 cm³/mol. The second kappa shape index (κ2) is 6.81. The van der Waals surface area contributed by atoms with E-state index in [0.29, 0.717) is 18.1 Å². The Bertz CT molecular complexity index is 909. The van der Waals surface area contributed by atoms with Crippen LogP contribution in [0.15, 0.2) is 24.3 Å². The van der Waals surface area contributed by atoms with Crippen LogP contribution in [0.4, 0.5) is 9.52 Å². The smallest absolute Gasteiger partial charge is 0.260 e. The highest BCUT2D eigenvalue weighted by molar-refractivity contribution is 7.89. The maximum absolute atomic E-state index is 13.7. The molecule has 0 saturated carbocycles. The van der Waals surface area contributed by atoms with Gasteiger partial charge in [-0.3, -0.25) is 10.1 Å². The molecule has 0 fully saturated rings. The number of carbonyl (C=O) groups is 1. The van der Waals surface area contributed by atoms with Gasteiger partial charge >= 0.3 is 0 Å². The molecule has 1 N–H and O–H groups in total. The Balaban J connectivity index is 1.77. The molecular formula is C16H18FN3O3S2. The number of nitrogens with one attached hydrogen (secondary N) is 1. The molecule has 9 heteroatoms. The normalized spacial score (nSPS) is 15.2. The average Bonchev–Trinajstić information content (AvgIpc) is 2.96. The summed E-state index contributed by atoms with van der Waals surface area (Å²) < 4.78 is 39.7. The molecule has 2 heterocycles. The van der Waals surface area contributed by atoms with Crippen molar-refractivity contribution < 1.29 is 17.6 Å². The quantitative estimate of drug-likeness (QED) is 0.880. The van der Waals surface area contributed by atoms with Gasteiger partial charge < -0.3 is 0 Å². The molecular weight excluding hydrogens is 365 g/mol. The number of carbonyl (C=O) groups excluding carboxylic acids is 1. The van der Waals surface area contributed by atoms with E-state index in [2.05, 4.69) is 10.3 Å². The van der Waals surface area contributed by atoms with Crippen LogP contribution in [0.2, 0.25) is 0 Å². The molecule has 1 aliphatic rings. The molecule has 6 nitrogen and oxygen atoms in total. The van der Waals surface area contributed by atoms with Crippen molar-refractivity contribution in [3.63, 3.8) is 0 Å². The van der Waals surface area contributed by atoms with Crippen molar-refractivity contribution in [2.45, 2.75) is 32.1 Å². The summed E-state index contributed by atoms with van der Waals surface area (Å²) in [7, 11) is -3.33. The molecule has 1 aliphatic heterocycles. The molecule has 3 rings (SSSR count). The van der Waals surface area contributed by atoms with Gasteiger partial charge in [0.25, 0.3) is 5.91 Å². The minimum absolute atomic E-state index is 0.0558. The predicted octanol–water partition coefficient (Wildman–Crippen LogP) is 2.63. The van der Waals surface area contributed by atoms with Gasteiger partial charge in [-0.25, -0.2) is 17.8 Å². The molecule has 0 bridgehead atoms. The highest BCUT2D eigenvalue weighted by atomic mass is 32.2. The highest BCUT2D eigenvalue weighted by Gasteiger charge is 2.31. The Hall–Kier alpha value is -1.84. The fourth-order valence-corrected chi connectivity index (χ4v) is 4.90. The summed E-state index contributed by atoms with van der Waals surface area (Å²) in [6.45, 7) is 3.93. The van der Waals surface area contributed by atoms with Crippen molar-refractivity contribution >= 4 is 32.4 Å². The van der Waals surface area contributed by atoms with Crippen LogP contribution >= 0.6 is 11.3 Å². The van der Waals surface area contributed by atoms with Gasteiger partial charge in [-0.1, -0.05) is 12.1 Å². The second-order valence-corrected chi connectivity index (χ2v) is 9.57. The summed E-state index contributed by atoms with van der Waals surface area (Å²) in [5, 5.41) is 2.46. The lowest BCUT2D eigenvalue weighted by Gasteiger charge is -2.26. The first kappa shape index (κ1) is 18.0. The zero-order chi connectivity index (χ0) is 18.2. The van der Waals surface area contributed by atoms with Crippen molar-refractivity contribution in [3.8, 4) is 0 Å². The molecule has 134 valence electrons. The number of thiazole rings is 1. The van der Waals surface area contributed by atoms with Crippen LogP contribution < -0.4 is 5.32 Å². The van der Waals surface area contributed by atoms with Crippen LogP contribution in [0, 0.1) is 5.82 Å². The lowest BCUT2D eigenvalue weighted by molar-refractivity contribution is 0.102.